The van der Waals surface area contributed by atoms with E-state index in [4.69, 9.17) is 14.2 Å². The second kappa shape index (κ2) is 12.1. The van der Waals surface area contributed by atoms with Crippen molar-refractivity contribution < 1.29 is 27.8 Å². The molecule has 6 nitrogen and oxygen atoms in total. The number of amides is 1. The van der Waals surface area contributed by atoms with E-state index in [9.17, 15) is 13.6 Å². The third-order valence-electron chi connectivity index (χ3n) is 5.16. The molecule has 1 N–H and O–H groups in total. The van der Waals surface area contributed by atoms with Crippen molar-refractivity contribution in [2.45, 2.75) is 26.0 Å². The summed E-state index contributed by atoms with van der Waals surface area (Å²) >= 11 is 1.16. The number of thioether (sulfide) groups is 1. The Morgan fingerprint density at radius 2 is 1.76 bits per heavy atom. The highest BCUT2D eigenvalue weighted by molar-refractivity contribution is 8.00. The molecular weight excluding hydrogens is 450 g/mol. The highest BCUT2D eigenvalue weighted by Gasteiger charge is 2.22. The molecule has 1 atom stereocenters. The van der Waals surface area contributed by atoms with E-state index in [1.807, 2.05) is 19.9 Å². The van der Waals surface area contributed by atoms with Gasteiger partial charge in [-0.1, -0.05) is 6.07 Å². The Bertz CT molecular complexity index is 934. The molecule has 3 rings (SSSR count). The molecule has 0 spiro atoms. The first-order valence-corrected chi connectivity index (χ1v) is 12.1. The molecule has 0 aliphatic carbocycles. The van der Waals surface area contributed by atoms with Crippen LogP contribution in [0.2, 0.25) is 0 Å². The predicted molar refractivity (Wildman–Crippen MR) is 128 cm³/mol. The number of ether oxygens (including phenoxy) is 3. The van der Waals surface area contributed by atoms with Crippen LogP contribution in [0.4, 0.5) is 20.2 Å². The minimum absolute atomic E-state index is 0.0235. The first-order valence-electron chi connectivity index (χ1n) is 11.1. The molecule has 9 heteroatoms. The molecule has 1 heterocycles. The second-order valence-corrected chi connectivity index (χ2v) is 8.75. The summed E-state index contributed by atoms with van der Waals surface area (Å²) in [4.78, 5) is 14.9. The first kappa shape index (κ1) is 25.1. The number of anilines is 2. The van der Waals surface area contributed by atoms with Crippen LogP contribution in [-0.4, -0.2) is 51.2 Å². The number of carbonyl (C=O) groups excluding carboxylic acids is 1. The van der Waals surface area contributed by atoms with Gasteiger partial charge in [0.2, 0.25) is 5.91 Å². The van der Waals surface area contributed by atoms with Crippen LogP contribution < -0.4 is 19.7 Å². The van der Waals surface area contributed by atoms with E-state index in [-0.39, 0.29) is 17.2 Å². The van der Waals surface area contributed by atoms with Crippen molar-refractivity contribution in [3.63, 3.8) is 0 Å². The van der Waals surface area contributed by atoms with E-state index in [1.165, 1.54) is 18.2 Å². The number of halogens is 2. The van der Waals surface area contributed by atoms with E-state index in [1.54, 1.807) is 13.0 Å². The Hall–Kier alpha value is -2.52. The Kier molecular flexibility index (Phi) is 9.20. The van der Waals surface area contributed by atoms with E-state index in [0.29, 0.717) is 43.6 Å². The van der Waals surface area contributed by atoms with Gasteiger partial charge in [-0.05, 0) is 32.9 Å². The van der Waals surface area contributed by atoms with Gasteiger partial charge in [0.25, 0.3) is 0 Å². The third kappa shape index (κ3) is 6.51. The van der Waals surface area contributed by atoms with Gasteiger partial charge in [0.05, 0.1) is 43.6 Å². The number of hydrogen-bond acceptors (Lipinski definition) is 6. The molecule has 0 bridgehead atoms. The maximum absolute atomic E-state index is 14.0. The molecule has 1 unspecified atom stereocenters. The minimum atomic E-state index is -0.617. The van der Waals surface area contributed by atoms with Crippen LogP contribution in [0.5, 0.6) is 11.5 Å². The van der Waals surface area contributed by atoms with Crippen LogP contribution in [0.25, 0.3) is 0 Å². The molecule has 1 aliphatic heterocycles. The lowest BCUT2D eigenvalue weighted by Crippen LogP contribution is -2.36. The summed E-state index contributed by atoms with van der Waals surface area (Å²) in [6.45, 7) is 9.08. The zero-order chi connectivity index (χ0) is 23.8. The van der Waals surface area contributed by atoms with Gasteiger partial charge >= 0.3 is 0 Å². The molecule has 2 aromatic rings. The van der Waals surface area contributed by atoms with Gasteiger partial charge in [0, 0.05) is 36.0 Å². The van der Waals surface area contributed by atoms with Crippen LogP contribution in [-0.2, 0) is 9.53 Å². The second-order valence-electron chi connectivity index (χ2n) is 7.42. The lowest BCUT2D eigenvalue weighted by atomic mass is 10.1. The maximum atomic E-state index is 14.0. The number of nitrogens with zero attached hydrogens (tertiary/aromatic N) is 1. The van der Waals surface area contributed by atoms with Gasteiger partial charge < -0.3 is 24.4 Å². The molecule has 33 heavy (non-hydrogen) atoms. The maximum Gasteiger partial charge on any atom is 0.234 e. The van der Waals surface area contributed by atoms with Crippen molar-refractivity contribution in [3.05, 3.63) is 47.5 Å². The molecule has 180 valence electrons. The summed E-state index contributed by atoms with van der Waals surface area (Å²) in [6, 6.07) is 7.40. The molecular formula is C24H30F2N2O4S. The summed E-state index contributed by atoms with van der Waals surface area (Å²) in [5, 5.41) is 2.34. The van der Waals surface area contributed by atoms with E-state index >= 15 is 0 Å². The molecule has 0 radical (unpaired) electrons. The fraction of sp³-hybridized carbons (Fsp3) is 0.458. The predicted octanol–water partition coefficient (Wildman–Crippen LogP) is 5.03. The molecule has 1 fully saturated rings. The van der Waals surface area contributed by atoms with Gasteiger partial charge in [0.15, 0.2) is 0 Å². The number of carbonyl (C=O) groups is 1. The first-order chi connectivity index (χ1) is 15.9. The van der Waals surface area contributed by atoms with E-state index in [0.717, 1.165) is 30.5 Å². The fourth-order valence-corrected chi connectivity index (χ4v) is 4.48. The highest BCUT2D eigenvalue weighted by atomic mass is 32.2. The number of hydrogen-bond donors (Lipinski definition) is 1. The van der Waals surface area contributed by atoms with Gasteiger partial charge in [-0.25, -0.2) is 8.78 Å². The average Bonchev–Trinajstić information content (AvgIpc) is 2.80. The van der Waals surface area contributed by atoms with Crippen molar-refractivity contribution >= 4 is 29.0 Å². The van der Waals surface area contributed by atoms with Crippen LogP contribution in [0.15, 0.2) is 30.3 Å². The monoisotopic (exact) mass is 480 g/mol. The van der Waals surface area contributed by atoms with Gasteiger partial charge in [0.1, 0.15) is 23.1 Å². The number of rotatable bonds is 10. The Balaban J connectivity index is 1.75. The Morgan fingerprint density at radius 3 is 2.39 bits per heavy atom. The van der Waals surface area contributed by atoms with Crippen molar-refractivity contribution in [3.8, 4) is 11.5 Å². The van der Waals surface area contributed by atoms with E-state index < -0.39 is 16.9 Å². The number of morpholine rings is 1. The summed E-state index contributed by atoms with van der Waals surface area (Å²) in [6.07, 6.45) is 0. The lowest BCUT2D eigenvalue weighted by molar-refractivity contribution is -0.113. The highest BCUT2D eigenvalue weighted by Crippen LogP contribution is 2.39. The van der Waals surface area contributed by atoms with Crippen molar-refractivity contribution in [2.75, 3.05) is 55.5 Å². The van der Waals surface area contributed by atoms with Crippen molar-refractivity contribution in [1.82, 2.24) is 0 Å². The van der Waals surface area contributed by atoms with Crippen molar-refractivity contribution in [1.29, 1.82) is 0 Å². The van der Waals surface area contributed by atoms with Gasteiger partial charge in [-0.15, -0.1) is 11.8 Å². The smallest absolute Gasteiger partial charge is 0.234 e. The Morgan fingerprint density at radius 1 is 1.12 bits per heavy atom. The Labute approximate surface area is 197 Å². The number of benzene rings is 2. The minimum Gasteiger partial charge on any atom is -0.492 e. The fourth-order valence-electron chi connectivity index (χ4n) is 3.61. The molecule has 1 amide bonds. The lowest BCUT2D eigenvalue weighted by Gasteiger charge is -2.31. The summed E-state index contributed by atoms with van der Waals surface area (Å²) < 4.78 is 45.1. The summed E-state index contributed by atoms with van der Waals surface area (Å²) in [5.41, 5.74) is 1.35. The van der Waals surface area contributed by atoms with Gasteiger partial charge in [-0.2, -0.15) is 0 Å². The summed E-state index contributed by atoms with van der Waals surface area (Å²) in [7, 11) is 0. The van der Waals surface area contributed by atoms with E-state index in [2.05, 4.69) is 10.2 Å². The zero-order valence-corrected chi connectivity index (χ0v) is 20.0. The number of nitrogens with one attached hydrogen (secondary N) is 1. The van der Waals surface area contributed by atoms with Crippen LogP contribution >= 0.6 is 11.8 Å². The standard InChI is InChI=1S/C24H30F2N2O4S/c1-4-31-21-14-20(28-9-11-30-12-10-28)22(32-5-2)13-19(21)27-23(29)15-33-16(3)24-17(25)7-6-8-18(24)26/h6-8,13-14,16H,4-5,9-12,15H2,1-3H3,(H,27,29). The summed E-state index contributed by atoms with van der Waals surface area (Å²) in [5.74, 6) is -0.328. The van der Waals surface area contributed by atoms with Crippen LogP contribution in [0.1, 0.15) is 31.6 Å². The molecule has 2 aromatic carbocycles. The normalized spacial score (nSPS) is 14.6. The molecule has 0 aromatic heterocycles. The van der Waals surface area contributed by atoms with Gasteiger partial charge in [-0.3, -0.25) is 4.79 Å². The molecule has 1 saturated heterocycles. The molecule has 0 saturated carbocycles. The molecule has 1 aliphatic rings. The largest absolute Gasteiger partial charge is 0.492 e. The quantitative estimate of drug-likeness (QED) is 0.515. The van der Waals surface area contributed by atoms with Crippen LogP contribution in [0, 0.1) is 11.6 Å². The topological polar surface area (TPSA) is 60.0 Å². The SMILES string of the molecule is CCOc1cc(N2CCOCC2)c(OCC)cc1NC(=O)CSC(C)c1c(F)cccc1F. The van der Waals surface area contributed by atoms with Crippen molar-refractivity contribution in [2.24, 2.45) is 0 Å². The zero-order valence-electron chi connectivity index (χ0n) is 19.2. The van der Waals surface area contributed by atoms with Crippen LogP contribution in [0.3, 0.4) is 0 Å². The third-order valence-corrected chi connectivity index (χ3v) is 6.32. The average molecular weight is 481 g/mol.